The van der Waals surface area contributed by atoms with Crippen molar-refractivity contribution in [1.82, 2.24) is 24.2 Å². The van der Waals surface area contributed by atoms with Crippen LogP contribution in [0, 0.1) is 4.77 Å². The molecule has 5 nitrogen and oxygen atoms in total. The number of likely N-dealkylation sites (tertiary alicyclic amines) is 1. The van der Waals surface area contributed by atoms with Crippen molar-refractivity contribution < 1.29 is 0 Å². The van der Waals surface area contributed by atoms with Crippen LogP contribution in [-0.2, 0) is 6.67 Å². The summed E-state index contributed by atoms with van der Waals surface area (Å²) in [7, 11) is 0. The third kappa shape index (κ3) is 3.59. The van der Waals surface area contributed by atoms with Gasteiger partial charge in [0.2, 0.25) is 4.77 Å². The molecule has 0 bridgehead atoms. The van der Waals surface area contributed by atoms with Gasteiger partial charge in [0.25, 0.3) is 0 Å². The Morgan fingerprint density at radius 3 is 2.56 bits per heavy atom. The Morgan fingerprint density at radius 1 is 1.07 bits per heavy atom. The normalized spacial score (nSPS) is 14.9. The number of pyridine rings is 1. The molecule has 1 aliphatic heterocycles. The summed E-state index contributed by atoms with van der Waals surface area (Å²) in [6.45, 7) is 7.38. The fourth-order valence-electron chi connectivity index (χ4n) is 3.69. The van der Waals surface area contributed by atoms with Crippen molar-refractivity contribution in [2.24, 2.45) is 0 Å². The van der Waals surface area contributed by atoms with E-state index in [1.807, 2.05) is 23.0 Å². The molecule has 0 N–H and O–H groups in total. The van der Waals surface area contributed by atoms with E-state index in [9.17, 15) is 0 Å². The zero-order chi connectivity index (χ0) is 18.8. The van der Waals surface area contributed by atoms with Crippen LogP contribution >= 0.6 is 12.2 Å². The predicted octanol–water partition coefficient (Wildman–Crippen LogP) is 4.64. The summed E-state index contributed by atoms with van der Waals surface area (Å²) in [5.41, 5.74) is 3.34. The van der Waals surface area contributed by atoms with Crippen molar-refractivity contribution >= 4 is 12.2 Å². The second kappa shape index (κ2) is 7.74. The predicted molar refractivity (Wildman–Crippen MR) is 111 cm³/mol. The van der Waals surface area contributed by atoms with Gasteiger partial charge in [0, 0.05) is 18.0 Å². The van der Waals surface area contributed by atoms with Gasteiger partial charge < -0.3 is 0 Å². The van der Waals surface area contributed by atoms with Crippen LogP contribution in [0.2, 0.25) is 0 Å². The molecule has 4 rings (SSSR count). The number of benzene rings is 1. The van der Waals surface area contributed by atoms with E-state index in [2.05, 4.69) is 52.6 Å². The van der Waals surface area contributed by atoms with Crippen molar-refractivity contribution in [3.05, 3.63) is 59.1 Å². The van der Waals surface area contributed by atoms with Crippen molar-refractivity contribution in [1.29, 1.82) is 0 Å². The molecule has 140 valence electrons. The summed E-state index contributed by atoms with van der Waals surface area (Å²) in [5.74, 6) is 1.24. The average Bonchev–Trinajstić information content (AvgIpc) is 3.31. The van der Waals surface area contributed by atoms with E-state index in [0.29, 0.717) is 5.92 Å². The zero-order valence-corrected chi connectivity index (χ0v) is 16.7. The van der Waals surface area contributed by atoms with E-state index in [4.69, 9.17) is 17.3 Å². The molecule has 6 heteroatoms. The van der Waals surface area contributed by atoms with E-state index in [1.165, 1.54) is 18.4 Å². The van der Waals surface area contributed by atoms with Crippen LogP contribution in [-0.4, -0.2) is 37.3 Å². The minimum atomic E-state index is 0.395. The molecule has 0 atom stereocenters. The van der Waals surface area contributed by atoms with Gasteiger partial charge in [0.1, 0.15) is 0 Å². The molecule has 2 aromatic heterocycles. The molecule has 0 spiro atoms. The number of rotatable bonds is 5. The zero-order valence-electron chi connectivity index (χ0n) is 15.9. The average molecular weight is 380 g/mol. The van der Waals surface area contributed by atoms with Gasteiger partial charge in [-0.1, -0.05) is 32.0 Å². The van der Waals surface area contributed by atoms with Crippen LogP contribution in [0.1, 0.15) is 38.2 Å². The van der Waals surface area contributed by atoms with Crippen molar-refractivity contribution in [3.8, 4) is 17.1 Å². The highest BCUT2D eigenvalue weighted by Crippen LogP contribution is 2.28. The monoisotopic (exact) mass is 379 g/mol. The van der Waals surface area contributed by atoms with Crippen LogP contribution in [0.5, 0.6) is 0 Å². The molecular formula is C21H25N5S. The molecule has 3 aromatic rings. The Balaban J connectivity index is 1.89. The van der Waals surface area contributed by atoms with E-state index < -0.39 is 0 Å². The summed E-state index contributed by atoms with van der Waals surface area (Å²) >= 11 is 5.89. The quantitative estimate of drug-likeness (QED) is 0.605. The standard InChI is InChI=1S/C21H25N5S/c1-16(2)18-9-3-4-10-19(18)26-20(17-8-7-11-22-14-17)23-25(21(26)27)15-24-12-5-6-13-24/h3-4,7-11,14,16H,5-6,12-13,15H2,1-2H3. The van der Waals surface area contributed by atoms with E-state index >= 15 is 0 Å². The van der Waals surface area contributed by atoms with Crippen LogP contribution in [0.15, 0.2) is 48.8 Å². The van der Waals surface area contributed by atoms with Crippen molar-refractivity contribution in [3.63, 3.8) is 0 Å². The first-order valence-corrected chi connectivity index (χ1v) is 9.98. The molecule has 1 saturated heterocycles. The third-order valence-electron chi connectivity index (χ3n) is 5.09. The van der Waals surface area contributed by atoms with Crippen molar-refractivity contribution in [2.45, 2.75) is 39.3 Å². The Bertz CT molecular complexity index is 968. The van der Waals surface area contributed by atoms with E-state index in [1.54, 1.807) is 6.20 Å². The fraction of sp³-hybridized carbons (Fsp3) is 0.381. The molecule has 0 saturated carbocycles. The van der Waals surface area contributed by atoms with Gasteiger partial charge in [0.15, 0.2) is 5.82 Å². The summed E-state index contributed by atoms with van der Waals surface area (Å²) in [5, 5.41) is 4.91. The second-order valence-electron chi connectivity index (χ2n) is 7.36. The van der Waals surface area contributed by atoms with Crippen LogP contribution < -0.4 is 0 Å². The SMILES string of the molecule is CC(C)c1ccccc1-n1c(-c2cccnc2)nn(CN2CCCC2)c1=S. The lowest BCUT2D eigenvalue weighted by Gasteiger charge is -2.15. The van der Waals surface area contributed by atoms with Gasteiger partial charge in [-0.2, -0.15) is 0 Å². The molecule has 0 unspecified atom stereocenters. The molecule has 0 aliphatic carbocycles. The number of nitrogens with zero attached hydrogens (tertiary/aromatic N) is 5. The lowest BCUT2D eigenvalue weighted by molar-refractivity contribution is 0.253. The number of hydrogen-bond acceptors (Lipinski definition) is 4. The molecule has 1 aromatic carbocycles. The summed E-state index contributed by atoms with van der Waals surface area (Å²) in [4.78, 5) is 6.70. The third-order valence-corrected chi connectivity index (χ3v) is 5.48. The largest absolute Gasteiger partial charge is 0.284 e. The molecule has 0 amide bonds. The Hall–Kier alpha value is -2.31. The first-order chi connectivity index (χ1) is 13.1. The number of aromatic nitrogens is 4. The lowest BCUT2D eigenvalue weighted by Crippen LogP contribution is -2.23. The minimum Gasteiger partial charge on any atom is -0.284 e. The molecule has 1 aliphatic rings. The number of hydrogen-bond donors (Lipinski definition) is 0. The summed E-state index contributed by atoms with van der Waals surface area (Å²) < 4.78 is 4.80. The highest BCUT2D eigenvalue weighted by molar-refractivity contribution is 7.71. The molecule has 27 heavy (non-hydrogen) atoms. The van der Waals surface area contributed by atoms with E-state index in [-0.39, 0.29) is 0 Å². The molecule has 3 heterocycles. The highest BCUT2D eigenvalue weighted by atomic mass is 32.1. The Labute approximate surface area is 165 Å². The van der Waals surface area contributed by atoms with Gasteiger partial charge in [-0.05, 0) is 67.8 Å². The summed E-state index contributed by atoms with van der Waals surface area (Å²) in [6.07, 6.45) is 6.14. The minimum absolute atomic E-state index is 0.395. The maximum Gasteiger partial charge on any atom is 0.204 e. The van der Waals surface area contributed by atoms with Gasteiger partial charge >= 0.3 is 0 Å². The van der Waals surface area contributed by atoms with Crippen LogP contribution in [0.3, 0.4) is 0 Å². The second-order valence-corrected chi connectivity index (χ2v) is 7.73. The molecule has 1 fully saturated rings. The van der Waals surface area contributed by atoms with Gasteiger partial charge in [-0.3, -0.25) is 14.5 Å². The topological polar surface area (TPSA) is 38.9 Å². The summed E-state index contributed by atoms with van der Waals surface area (Å²) in [6, 6.07) is 12.4. The molecular weight excluding hydrogens is 354 g/mol. The van der Waals surface area contributed by atoms with E-state index in [0.717, 1.165) is 41.6 Å². The van der Waals surface area contributed by atoms with Crippen LogP contribution in [0.25, 0.3) is 17.1 Å². The maximum absolute atomic E-state index is 5.89. The number of para-hydroxylation sites is 1. The first-order valence-electron chi connectivity index (χ1n) is 9.57. The van der Waals surface area contributed by atoms with Gasteiger partial charge in [-0.15, -0.1) is 5.10 Å². The van der Waals surface area contributed by atoms with Gasteiger partial charge in [-0.25, -0.2) is 4.68 Å². The fourth-order valence-corrected chi connectivity index (χ4v) is 3.98. The Morgan fingerprint density at radius 2 is 1.85 bits per heavy atom. The van der Waals surface area contributed by atoms with Crippen LogP contribution in [0.4, 0.5) is 0 Å². The Kier molecular flexibility index (Phi) is 5.18. The maximum atomic E-state index is 5.89. The van der Waals surface area contributed by atoms with Crippen molar-refractivity contribution in [2.75, 3.05) is 13.1 Å². The lowest BCUT2D eigenvalue weighted by atomic mass is 10.0. The molecule has 0 radical (unpaired) electrons. The van der Waals surface area contributed by atoms with Gasteiger partial charge in [0.05, 0.1) is 12.4 Å². The highest BCUT2D eigenvalue weighted by Gasteiger charge is 2.20. The first kappa shape index (κ1) is 18.1. The smallest absolute Gasteiger partial charge is 0.204 e.